The maximum absolute atomic E-state index is 13.5. The van der Waals surface area contributed by atoms with Crippen molar-refractivity contribution >= 4 is 28.6 Å². The van der Waals surface area contributed by atoms with Crippen LogP contribution in [0, 0.1) is 0 Å². The number of nitrogens with zero attached hydrogens (tertiary/aromatic N) is 1. The normalized spacial score (nSPS) is 12.4. The molecule has 3 aromatic rings. The molecule has 0 spiro atoms. The van der Waals surface area contributed by atoms with Gasteiger partial charge in [0.05, 0.1) is 28.2 Å². The van der Waals surface area contributed by atoms with Gasteiger partial charge in [-0.1, -0.05) is 18.2 Å². The summed E-state index contributed by atoms with van der Waals surface area (Å²) in [5.41, 5.74) is -2.49. The van der Waals surface area contributed by atoms with Crippen LogP contribution in [0.2, 0.25) is 0 Å². The van der Waals surface area contributed by atoms with E-state index in [0.717, 1.165) is 30.3 Å². The summed E-state index contributed by atoms with van der Waals surface area (Å²) in [5, 5.41) is 28.9. The van der Waals surface area contributed by atoms with Crippen LogP contribution in [-0.2, 0) is 17.4 Å². The van der Waals surface area contributed by atoms with Gasteiger partial charge in [-0.25, -0.2) is 4.79 Å². The molecule has 0 saturated carbocycles. The number of rotatable bonds is 5. The minimum absolute atomic E-state index is 0.0375. The summed E-state index contributed by atoms with van der Waals surface area (Å²) in [4.78, 5) is 11.1. The first-order valence-electron chi connectivity index (χ1n) is 8.45. The van der Waals surface area contributed by atoms with Crippen molar-refractivity contribution in [2.75, 3.05) is 4.31 Å². The quantitative estimate of drug-likeness (QED) is 0.493. The number of aromatic hydroxyl groups is 2. The van der Waals surface area contributed by atoms with Crippen LogP contribution in [0.25, 0.3) is 11.1 Å². The van der Waals surface area contributed by atoms with Gasteiger partial charge in [-0.15, -0.1) is 0 Å². The molecule has 31 heavy (non-hydrogen) atoms. The summed E-state index contributed by atoms with van der Waals surface area (Å²) in [6, 6.07) is 10.8. The Balaban J connectivity index is 2.24. The van der Waals surface area contributed by atoms with E-state index >= 15 is 0 Å². The number of phenols is 2. The highest BCUT2D eigenvalue weighted by Crippen LogP contribution is 2.40. The molecule has 0 heterocycles. The van der Waals surface area contributed by atoms with E-state index in [4.69, 9.17) is 5.11 Å². The molecule has 0 aliphatic rings. The van der Waals surface area contributed by atoms with Crippen molar-refractivity contribution in [3.63, 3.8) is 0 Å². The Morgan fingerprint density at radius 2 is 1.61 bits per heavy atom. The van der Waals surface area contributed by atoms with E-state index in [2.05, 4.69) is 0 Å². The van der Waals surface area contributed by atoms with Crippen LogP contribution < -0.4 is 4.31 Å². The van der Waals surface area contributed by atoms with Crippen molar-refractivity contribution in [3.8, 4) is 22.6 Å². The minimum atomic E-state index is -4.83. The van der Waals surface area contributed by atoms with Gasteiger partial charge in [0.15, 0.2) is 0 Å². The number of aromatic carboxylic acids is 1. The highest BCUT2D eigenvalue weighted by atomic mass is 32.2. The molecular weight excluding hydrogens is 439 g/mol. The van der Waals surface area contributed by atoms with Crippen molar-refractivity contribution in [1.82, 2.24) is 0 Å². The molecule has 0 fully saturated rings. The second kappa shape index (κ2) is 8.28. The zero-order chi connectivity index (χ0) is 22.9. The second-order valence-electron chi connectivity index (χ2n) is 6.30. The number of carboxylic acid groups (broad SMARTS) is 1. The minimum Gasteiger partial charge on any atom is -0.755 e. The Kier molecular flexibility index (Phi) is 5.91. The van der Waals surface area contributed by atoms with Crippen LogP contribution in [-0.4, -0.2) is 30.1 Å². The summed E-state index contributed by atoms with van der Waals surface area (Å²) in [7, 11) is 0. The van der Waals surface area contributed by atoms with E-state index in [1.165, 1.54) is 24.3 Å². The van der Waals surface area contributed by atoms with Crippen molar-refractivity contribution in [3.05, 3.63) is 71.8 Å². The van der Waals surface area contributed by atoms with Crippen LogP contribution in [0.15, 0.2) is 60.7 Å². The van der Waals surface area contributed by atoms with E-state index < -0.39 is 46.0 Å². The summed E-state index contributed by atoms with van der Waals surface area (Å²) in [6.45, 7) is 0. The molecule has 0 aromatic heterocycles. The van der Waals surface area contributed by atoms with Crippen LogP contribution in [0.3, 0.4) is 0 Å². The van der Waals surface area contributed by atoms with Crippen molar-refractivity contribution in [2.45, 2.75) is 6.18 Å². The highest BCUT2D eigenvalue weighted by Gasteiger charge is 2.32. The molecule has 162 valence electrons. The molecule has 0 radical (unpaired) electrons. The third-order valence-electron chi connectivity index (χ3n) is 4.29. The number of hydrogen-bond donors (Lipinski definition) is 3. The number of halogens is 3. The molecule has 0 bridgehead atoms. The van der Waals surface area contributed by atoms with Crippen LogP contribution >= 0.6 is 0 Å². The molecule has 0 saturated heterocycles. The average Bonchev–Trinajstić information content (AvgIpc) is 2.67. The Hall–Kier alpha value is -3.57. The topological polar surface area (TPSA) is 121 Å². The number of benzene rings is 3. The van der Waals surface area contributed by atoms with Gasteiger partial charge in [0, 0.05) is 11.6 Å². The molecule has 7 nitrogen and oxygen atoms in total. The number of alkyl halides is 3. The predicted molar refractivity (Wildman–Crippen MR) is 105 cm³/mol. The second-order valence-corrected chi connectivity index (χ2v) is 7.10. The van der Waals surface area contributed by atoms with Crippen molar-refractivity contribution < 1.29 is 42.0 Å². The molecule has 0 amide bonds. The van der Waals surface area contributed by atoms with Gasteiger partial charge in [-0.05, 0) is 42.0 Å². The molecule has 1 atom stereocenters. The van der Waals surface area contributed by atoms with Crippen molar-refractivity contribution in [2.24, 2.45) is 0 Å². The number of phenolic OH excluding ortho intramolecular Hbond substituents is 1. The largest absolute Gasteiger partial charge is 0.755 e. The summed E-state index contributed by atoms with van der Waals surface area (Å²) in [5.74, 6) is -2.56. The van der Waals surface area contributed by atoms with Gasteiger partial charge in [0.25, 0.3) is 0 Å². The number of anilines is 2. The molecule has 1 unspecified atom stereocenters. The summed E-state index contributed by atoms with van der Waals surface area (Å²) >= 11 is -3.14. The van der Waals surface area contributed by atoms with Gasteiger partial charge >= 0.3 is 12.1 Å². The number of carboxylic acids is 1. The predicted octanol–water partition coefficient (Wildman–Crippen LogP) is 4.41. The Morgan fingerprint density at radius 3 is 2.16 bits per heavy atom. The van der Waals surface area contributed by atoms with Gasteiger partial charge in [-0.3, -0.25) is 8.51 Å². The highest BCUT2D eigenvalue weighted by molar-refractivity contribution is 7.81. The average molecular weight is 452 g/mol. The first-order valence-corrected chi connectivity index (χ1v) is 9.48. The number of carbonyl (C=O) groups is 1. The molecule has 11 heteroatoms. The fourth-order valence-electron chi connectivity index (χ4n) is 2.91. The zero-order valence-electron chi connectivity index (χ0n) is 15.3. The molecular formula is C20H13F3NO6S-. The molecule has 0 aliphatic heterocycles. The molecule has 0 aliphatic carbocycles. The van der Waals surface area contributed by atoms with Gasteiger partial charge in [0.2, 0.25) is 0 Å². The summed E-state index contributed by atoms with van der Waals surface area (Å²) in [6.07, 6.45) is -4.83. The van der Waals surface area contributed by atoms with E-state index in [1.54, 1.807) is 0 Å². The standard InChI is InChI=1S/C20H14F3NO6S/c21-20(22,23)12-7-11(15-3-1-2-4-17(15)25)8-14(9-12)24(31(29)30)13-5-6-16(19(27)28)18(26)10-13/h1-10,25-26H,(H,27,28)(H,29,30)/p-1. The monoisotopic (exact) mass is 452 g/mol. The van der Waals surface area contributed by atoms with E-state index in [-0.39, 0.29) is 22.6 Å². The lowest BCUT2D eigenvalue weighted by atomic mass is 10.0. The number of hydrogen-bond acceptors (Lipinski definition) is 5. The lowest BCUT2D eigenvalue weighted by molar-refractivity contribution is -0.137. The molecule has 3 N–H and O–H groups in total. The van der Waals surface area contributed by atoms with Crippen LogP contribution in [0.5, 0.6) is 11.5 Å². The first-order chi connectivity index (χ1) is 14.5. The van der Waals surface area contributed by atoms with E-state index in [0.29, 0.717) is 10.4 Å². The van der Waals surface area contributed by atoms with Gasteiger partial charge in [0.1, 0.15) is 17.1 Å². The lowest BCUT2D eigenvalue weighted by Crippen LogP contribution is -2.20. The van der Waals surface area contributed by atoms with Gasteiger partial charge < -0.3 is 19.9 Å². The molecule has 3 rings (SSSR count). The van der Waals surface area contributed by atoms with Crippen LogP contribution in [0.4, 0.5) is 24.5 Å². The third-order valence-corrected chi connectivity index (χ3v) is 5.01. The molecule has 3 aromatic carbocycles. The van der Waals surface area contributed by atoms with E-state index in [9.17, 15) is 36.9 Å². The number of para-hydroxylation sites is 1. The SMILES string of the molecule is O=C(O)c1ccc(N(c2cc(-c3ccccc3O)cc(C(F)(F)F)c2)S(=O)[O-])cc1O. The van der Waals surface area contributed by atoms with Crippen molar-refractivity contribution in [1.29, 1.82) is 0 Å². The maximum atomic E-state index is 13.5. The lowest BCUT2D eigenvalue weighted by Gasteiger charge is -2.28. The van der Waals surface area contributed by atoms with Crippen LogP contribution in [0.1, 0.15) is 15.9 Å². The third kappa shape index (κ3) is 4.62. The fraction of sp³-hybridized carbons (Fsp3) is 0.0500. The fourth-order valence-corrected chi connectivity index (χ4v) is 3.48. The maximum Gasteiger partial charge on any atom is 0.416 e. The van der Waals surface area contributed by atoms with Gasteiger partial charge in [-0.2, -0.15) is 13.2 Å². The Labute approximate surface area is 176 Å². The Bertz CT molecular complexity index is 1180. The Morgan fingerprint density at radius 1 is 0.935 bits per heavy atom. The van der Waals surface area contributed by atoms with E-state index in [1.807, 2.05) is 0 Å². The first kappa shape index (κ1) is 22.1. The summed E-state index contributed by atoms with van der Waals surface area (Å²) < 4.78 is 64.8. The zero-order valence-corrected chi connectivity index (χ0v) is 16.1. The smallest absolute Gasteiger partial charge is 0.416 e.